The maximum Gasteiger partial charge on any atom is 0.253 e. The zero-order valence-corrected chi connectivity index (χ0v) is 13.1. The molecule has 2 heterocycles. The molecule has 1 aromatic carbocycles. The van der Waals surface area contributed by atoms with Crippen molar-refractivity contribution in [3.05, 3.63) is 34.1 Å². The molecule has 0 unspecified atom stereocenters. The number of nitrogens with zero attached hydrogens (tertiary/aromatic N) is 1. The Morgan fingerprint density at radius 3 is 2.48 bits per heavy atom. The highest BCUT2D eigenvalue weighted by Gasteiger charge is 2.32. The van der Waals surface area contributed by atoms with Crippen molar-refractivity contribution < 1.29 is 18.7 Å². The normalized spacial score (nSPS) is 21.0. The molecular formula is C15H17BrFNO3. The summed E-state index contributed by atoms with van der Waals surface area (Å²) in [6.45, 7) is 2.62. The summed E-state index contributed by atoms with van der Waals surface area (Å²) in [5.41, 5.74) is 0.383. The number of hydrogen-bond donors (Lipinski definition) is 0. The topological polar surface area (TPSA) is 38.8 Å². The monoisotopic (exact) mass is 357 g/mol. The molecule has 114 valence electrons. The van der Waals surface area contributed by atoms with Gasteiger partial charge in [0.15, 0.2) is 6.29 Å². The molecule has 2 fully saturated rings. The van der Waals surface area contributed by atoms with E-state index in [1.54, 1.807) is 11.0 Å². The van der Waals surface area contributed by atoms with Gasteiger partial charge in [-0.05, 0) is 31.0 Å². The second kappa shape index (κ2) is 6.42. The van der Waals surface area contributed by atoms with Gasteiger partial charge >= 0.3 is 0 Å². The van der Waals surface area contributed by atoms with Crippen LogP contribution in [0.2, 0.25) is 0 Å². The van der Waals surface area contributed by atoms with Crippen molar-refractivity contribution in [2.24, 2.45) is 5.92 Å². The minimum absolute atomic E-state index is 0.120. The molecule has 0 radical (unpaired) electrons. The number of rotatable bonds is 2. The Balaban J connectivity index is 1.62. The van der Waals surface area contributed by atoms with Crippen LogP contribution in [0.15, 0.2) is 22.7 Å². The Hall–Kier alpha value is -0.980. The summed E-state index contributed by atoms with van der Waals surface area (Å²) in [7, 11) is 0. The second-order valence-electron chi connectivity index (χ2n) is 5.40. The first-order valence-electron chi connectivity index (χ1n) is 7.12. The minimum Gasteiger partial charge on any atom is -0.350 e. The van der Waals surface area contributed by atoms with Crippen LogP contribution < -0.4 is 0 Å². The van der Waals surface area contributed by atoms with E-state index in [0.717, 1.165) is 12.8 Å². The molecule has 2 aliphatic heterocycles. The highest BCUT2D eigenvalue weighted by atomic mass is 79.9. The van der Waals surface area contributed by atoms with Crippen molar-refractivity contribution in [3.63, 3.8) is 0 Å². The molecule has 0 N–H and O–H groups in total. The number of ether oxygens (including phenoxy) is 2. The highest BCUT2D eigenvalue weighted by molar-refractivity contribution is 9.10. The number of benzene rings is 1. The SMILES string of the molecule is O=C(c1cc(F)cc(Br)c1)N1CCC(C2OCCO2)CC1. The van der Waals surface area contributed by atoms with E-state index < -0.39 is 5.82 Å². The Morgan fingerprint density at radius 1 is 1.19 bits per heavy atom. The van der Waals surface area contributed by atoms with Crippen molar-refractivity contribution in [2.75, 3.05) is 26.3 Å². The second-order valence-corrected chi connectivity index (χ2v) is 6.31. The van der Waals surface area contributed by atoms with Crippen LogP contribution in [-0.4, -0.2) is 43.4 Å². The first kappa shape index (κ1) is 14.9. The maximum absolute atomic E-state index is 13.4. The largest absolute Gasteiger partial charge is 0.350 e. The molecule has 21 heavy (non-hydrogen) atoms. The fourth-order valence-electron chi connectivity index (χ4n) is 2.88. The van der Waals surface area contributed by atoms with Crippen molar-refractivity contribution in [3.8, 4) is 0 Å². The standard InChI is InChI=1S/C15H17BrFNO3/c16-12-7-11(8-13(17)9-12)14(19)18-3-1-10(2-4-18)15-20-5-6-21-15/h7-10,15H,1-6H2. The van der Waals surface area contributed by atoms with Crippen LogP contribution in [0.3, 0.4) is 0 Å². The van der Waals surface area contributed by atoms with E-state index in [4.69, 9.17) is 9.47 Å². The third kappa shape index (κ3) is 3.44. The highest BCUT2D eigenvalue weighted by Crippen LogP contribution is 2.27. The van der Waals surface area contributed by atoms with Gasteiger partial charge in [0.25, 0.3) is 5.91 Å². The first-order valence-corrected chi connectivity index (χ1v) is 7.91. The van der Waals surface area contributed by atoms with E-state index in [1.807, 2.05) is 0 Å². The summed E-state index contributed by atoms with van der Waals surface area (Å²) < 4.78 is 25.0. The Kier molecular flexibility index (Phi) is 4.57. The molecule has 0 aliphatic carbocycles. The number of hydrogen-bond acceptors (Lipinski definition) is 3. The molecule has 0 atom stereocenters. The lowest BCUT2D eigenvalue weighted by molar-refractivity contribution is -0.0956. The van der Waals surface area contributed by atoms with Crippen LogP contribution in [0, 0.1) is 11.7 Å². The van der Waals surface area contributed by atoms with E-state index in [0.29, 0.717) is 42.3 Å². The number of halogens is 2. The Labute approximate surface area is 131 Å². The predicted molar refractivity (Wildman–Crippen MR) is 78.4 cm³/mol. The third-order valence-corrected chi connectivity index (χ3v) is 4.43. The first-order chi connectivity index (χ1) is 10.1. The fraction of sp³-hybridized carbons (Fsp3) is 0.533. The average molecular weight is 358 g/mol. The number of carbonyl (C=O) groups is 1. The van der Waals surface area contributed by atoms with Crippen LogP contribution in [0.4, 0.5) is 4.39 Å². The molecule has 1 aromatic rings. The molecule has 0 saturated carbocycles. The van der Waals surface area contributed by atoms with Crippen LogP contribution in [0.25, 0.3) is 0 Å². The predicted octanol–water partition coefficient (Wildman–Crippen LogP) is 2.81. The smallest absolute Gasteiger partial charge is 0.253 e. The molecular weight excluding hydrogens is 341 g/mol. The molecule has 6 heteroatoms. The molecule has 3 rings (SSSR count). The summed E-state index contributed by atoms with van der Waals surface area (Å²) in [6, 6.07) is 4.28. The molecule has 1 amide bonds. The lowest BCUT2D eigenvalue weighted by Gasteiger charge is -2.33. The number of amides is 1. The summed E-state index contributed by atoms with van der Waals surface area (Å²) in [5.74, 6) is -0.187. The summed E-state index contributed by atoms with van der Waals surface area (Å²) in [4.78, 5) is 14.2. The molecule has 0 aromatic heterocycles. The van der Waals surface area contributed by atoms with Crippen LogP contribution in [-0.2, 0) is 9.47 Å². The van der Waals surface area contributed by atoms with Crippen LogP contribution >= 0.6 is 15.9 Å². The zero-order chi connectivity index (χ0) is 14.8. The Bertz CT molecular complexity index is 505. The van der Waals surface area contributed by atoms with Crippen molar-refractivity contribution >= 4 is 21.8 Å². The van der Waals surface area contributed by atoms with Gasteiger partial charge in [-0.15, -0.1) is 0 Å². The number of piperidine rings is 1. The van der Waals surface area contributed by atoms with Gasteiger partial charge in [-0.2, -0.15) is 0 Å². The van der Waals surface area contributed by atoms with E-state index in [2.05, 4.69) is 15.9 Å². The van der Waals surface area contributed by atoms with E-state index >= 15 is 0 Å². The molecule has 2 saturated heterocycles. The molecule has 4 nitrogen and oxygen atoms in total. The van der Waals surface area contributed by atoms with E-state index in [1.165, 1.54) is 12.1 Å². The van der Waals surface area contributed by atoms with Gasteiger partial charge in [0, 0.05) is 29.0 Å². The van der Waals surface area contributed by atoms with Crippen LogP contribution in [0.5, 0.6) is 0 Å². The van der Waals surface area contributed by atoms with Gasteiger partial charge in [0.05, 0.1) is 13.2 Å². The zero-order valence-electron chi connectivity index (χ0n) is 11.6. The molecule has 0 spiro atoms. The van der Waals surface area contributed by atoms with Crippen molar-refractivity contribution in [2.45, 2.75) is 19.1 Å². The van der Waals surface area contributed by atoms with Gasteiger partial charge in [-0.1, -0.05) is 15.9 Å². The maximum atomic E-state index is 13.4. The quantitative estimate of drug-likeness (QED) is 0.816. The lowest BCUT2D eigenvalue weighted by atomic mass is 9.95. The van der Waals surface area contributed by atoms with Crippen LogP contribution in [0.1, 0.15) is 23.2 Å². The fourth-order valence-corrected chi connectivity index (χ4v) is 3.35. The summed E-state index contributed by atoms with van der Waals surface area (Å²) in [6.07, 6.45) is 1.59. The van der Waals surface area contributed by atoms with Gasteiger partial charge in [0.1, 0.15) is 5.82 Å². The van der Waals surface area contributed by atoms with Crippen molar-refractivity contribution in [1.29, 1.82) is 0 Å². The van der Waals surface area contributed by atoms with E-state index in [9.17, 15) is 9.18 Å². The number of likely N-dealkylation sites (tertiary alicyclic amines) is 1. The third-order valence-electron chi connectivity index (χ3n) is 3.97. The van der Waals surface area contributed by atoms with Gasteiger partial charge in [-0.3, -0.25) is 4.79 Å². The molecule has 0 bridgehead atoms. The van der Waals surface area contributed by atoms with Gasteiger partial charge < -0.3 is 14.4 Å². The summed E-state index contributed by atoms with van der Waals surface area (Å²) in [5, 5.41) is 0. The van der Waals surface area contributed by atoms with Crippen molar-refractivity contribution in [1.82, 2.24) is 4.90 Å². The molecule has 2 aliphatic rings. The Morgan fingerprint density at radius 2 is 1.86 bits per heavy atom. The lowest BCUT2D eigenvalue weighted by Crippen LogP contribution is -2.41. The average Bonchev–Trinajstić information content (AvgIpc) is 3.00. The summed E-state index contributed by atoms with van der Waals surface area (Å²) >= 11 is 3.22. The van der Waals surface area contributed by atoms with Gasteiger partial charge in [-0.25, -0.2) is 4.39 Å². The van der Waals surface area contributed by atoms with E-state index in [-0.39, 0.29) is 12.2 Å². The number of carbonyl (C=O) groups excluding carboxylic acids is 1. The van der Waals surface area contributed by atoms with Gasteiger partial charge in [0.2, 0.25) is 0 Å². The minimum atomic E-state index is -0.407.